The van der Waals surface area contributed by atoms with Crippen LogP contribution in [0, 0.1) is 5.92 Å². The Morgan fingerprint density at radius 2 is 2.21 bits per heavy atom. The number of benzene rings is 1. The van der Waals surface area contributed by atoms with Crippen molar-refractivity contribution in [1.29, 1.82) is 0 Å². The molecular formula is C10H10BrClN2. The molecule has 0 aliphatic heterocycles. The molecule has 0 atom stereocenters. The first-order chi connectivity index (χ1) is 6.66. The molecule has 0 amide bonds. The highest BCUT2D eigenvalue weighted by atomic mass is 79.9. The van der Waals surface area contributed by atoms with Crippen LogP contribution in [0.2, 0.25) is 5.02 Å². The van der Waals surface area contributed by atoms with Crippen LogP contribution in [0.15, 0.2) is 27.7 Å². The summed E-state index contributed by atoms with van der Waals surface area (Å²) in [6, 6.07) is 5.58. The van der Waals surface area contributed by atoms with Crippen LogP contribution in [0.1, 0.15) is 12.8 Å². The van der Waals surface area contributed by atoms with Crippen molar-refractivity contribution in [2.24, 2.45) is 16.6 Å². The Labute approximate surface area is 96.3 Å². The lowest BCUT2D eigenvalue weighted by atomic mass is 10.3. The van der Waals surface area contributed by atoms with E-state index >= 15 is 0 Å². The fraction of sp³-hybridized carbons (Fsp3) is 0.300. The van der Waals surface area contributed by atoms with Crippen molar-refractivity contribution < 1.29 is 0 Å². The summed E-state index contributed by atoms with van der Waals surface area (Å²) in [4.78, 5) is 4.31. The first kappa shape index (κ1) is 9.99. The van der Waals surface area contributed by atoms with Crippen LogP contribution in [0.4, 0.5) is 5.69 Å². The van der Waals surface area contributed by atoms with E-state index in [1.54, 1.807) is 6.07 Å². The van der Waals surface area contributed by atoms with Gasteiger partial charge in [-0.05, 0) is 47.0 Å². The number of rotatable bonds is 2. The van der Waals surface area contributed by atoms with Gasteiger partial charge < -0.3 is 5.73 Å². The first-order valence-electron chi connectivity index (χ1n) is 4.46. The van der Waals surface area contributed by atoms with Gasteiger partial charge >= 0.3 is 0 Å². The second-order valence-corrected chi connectivity index (χ2v) is 4.67. The third kappa shape index (κ3) is 2.28. The van der Waals surface area contributed by atoms with Crippen LogP contribution in [0.5, 0.6) is 0 Å². The maximum Gasteiger partial charge on any atom is 0.103 e. The predicted octanol–water partition coefficient (Wildman–Crippen LogP) is 3.50. The van der Waals surface area contributed by atoms with Crippen LogP contribution < -0.4 is 5.73 Å². The molecule has 1 aromatic carbocycles. The standard InChI is InChI=1S/C10H10BrClN2/c11-8-4-3-7(5-9(8)12)14-10(13)6-1-2-6/h3-6H,1-2H2,(H2,13,14). The Balaban J connectivity index is 2.24. The van der Waals surface area contributed by atoms with Gasteiger partial charge in [0.05, 0.1) is 10.7 Å². The summed E-state index contributed by atoms with van der Waals surface area (Å²) >= 11 is 9.26. The minimum Gasteiger partial charge on any atom is -0.387 e. The molecule has 0 heterocycles. The van der Waals surface area contributed by atoms with Crippen LogP contribution in [0.25, 0.3) is 0 Å². The van der Waals surface area contributed by atoms with E-state index in [0.717, 1.165) is 16.0 Å². The quantitative estimate of drug-likeness (QED) is 0.650. The number of amidine groups is 1. The minimum absolute atomic E-state index is 0.498. The third-order valence-electron chi connectivity index (χ3n) is 2.16. The SMILES string of the molecule is NC(=Nc1ccc(Br)c(Cl)c1)C1CC1. The van der Waals surface area contributed by atoms with Crippen molar-refractivity contribution >= 4 is 39.1 Å². The van der Waals surface area contributed by atoms with Crippen LogP contribution in [0.3, 0.4) is 0 Å². The molecule has 1 saturated carbocycles. The Morgan fingerprint density at radius 3 is 2.79 bits per heavy atom. The van der Waals surface area contributed by atoms with E-state index in [4.69, 9.17) is 17.3 Å². The molecule has 1 aliphatic carbocycles. The van der Waals surface area contributed by atoms with Crippen LogP contribution >= 0.6 is 27.5 Å². The average Bonchev–Trinajstić information content (AvgIpc) is 2.94. The predicted molar refractivity (Wildman–Crippen MR) is 63.2 cm³/mol. The van der Waals surface area contributed by atoms with Gasteiger partial charge in [-0.15, -0.1) is 0 Å². The largest absolute Gasteiger partial charge is 0.387 e. The molecule has 0 unspecified atom stereocenters. The van der Waals surface area contributed by atoms with Crippen molar-refractivity contribution in [3.63, 3.8) is 0 Å². The zero-order valence-electron chi connectivity index (χ0n) is 7.50. The third-order valence-corrected chi connectivity index (χ3v) is 3.39. The number of hydrogen-bond donors (Lipinski definition) is 1. The molecule has 0 spiro atoms. The fourth-order valence-corrected chi connectivity index (χ4v) is 1.60. The van der Waals surface area contributed by atoms with Crippen molar-refractivity contribution in [3.8, 4) is 0 Å². The summed E-state index contributed by atoms with van der Waals surface area (Å²) in [5.41, 5.74) is 6.62. The minimum atomic E-state index is 0.498. The van der Waals surface area contributed by atoms with Crippen molar-refractivity contribution in [3.05, 3.63) is 27.7 Å². The molecule has 0 saturated heterocycles. The molecule has 4 heteroatoms. The number of aliphatic imine (C=N–C) groups is 1. The number of halogens is 2. The van der Waals surface area contributed by atoms with Gasteiger partial charge in [-0.1, -0.05) is 11.6 Å². The average molecular weight is 274 g/mol. The van der Waals surface area contributed by atoms with E-state index in [2.05, 4.69) is 20.9 Å². The molecule has 14 heavy (non-hydrogen) atoms. The van der Waals surface area contributed by atoms with Gasteiger partial charge in [-0.25, -0.2) is 4.99 Å². The molecule has 1 aromatic rings. The van der Waals surface area contributed by atoms with Gasteiger partial charge in [-0.2, -0.15) is 0 Å². The molecule has 2 rings (SSSR count). The summed E-state index contributed by atoms with van der Waals surface area (Å²) in [7, 11) is 0. The molecular weight excluding hydrogens is 263 g/mol. The van der Waals surface area contributed by atoms with E-state index in [9.17, 15) is 0 Å². The molecule has 0 bridgehead atoms. The normalized spacial score (nSPS) is 17.1. The van der Waals surface area contributed by atoms with Crippen molar-refractivity contribution in [1.82, 2.24) is 0 Å². The molecule has 0 aromatic heterocycles. The van der Waals surface area contributed by atoms with E-state index in [0.29, 0.717) is 10.9 Å². The molecule has 0 radical (unpaired) electrons. The van der Waals surface area contributed by atoms with E-state index in [1.807, 2.05) is 12.1 Å². The maximum atomic E-state index is 5.94. The van der Waals surface area contributed by atoms with Crippen LogP contribution in [-0.2, 0) is 0 Å². The zero-order chi connectivity index (χ0) is 10.1. The molecule has 2 nitrogen and oxygen atoms in total. The van der Waals surface area contributed by atoms with Gasteiger partial charge in [0.25, 0.3) is 0 Å². The summed E-state index contributed by atoms with van der Waals surface area (Å²) in [5.74, 6) is 1.22. The molecule has 74 valence electrons. The molecule has 1 aliphatic rings. The number of hydrogen-bond acceptors (Lipinski definition) is 1. The van der Waals surface area contributed by atoms with Gasteiger partial charge in [0.2, 0.25) is 0 Å². The van der Waals surface area contributed by atoms with Gasteiger partial charge in [0.1, 0.15) is 5.84 Å². The highest BCUT2D eigenvalue weighted by molar-refractivity contribution is 9.10. The fourth-order valence-electron chi connectivity index (χ4n) is 1.17. The highest BCUT2D eigenvalue weighted by Crippen LogP contribution is 2.31. The lowest BCUT2D eigenvalue weighted by Crippen LogP contribution is -2.12. The second kappa shape index (κ2) is 3.91. The number of nitrogens with two attached hydrogens (primary N) is 1. The van der Waals surface area contributed by atoms with Crippen LogP contribution in [-0.4, -0.2) is 5.84 Å². The number of nitrogens with zero attached hydrogens (tertiary/aromatic N) is 1. The molecule has 1 fully saturated rings. The Kier molecular flexibility index (Phi) is 2.79. The highest BCUT2D eigenvalue weighted by Gasteiger charge is 2.25. The lowest BCUT2D eigenvalue weighted by Gasteiger charge is -2.00. The van der Waals surface area contributed by atoms with E-state index in [1.165, 1.54) is 12.8 Å². The van der Waals surface area contributed by atoms with E-state index in [-0.39, 0.29) is 0 Å². The maximum absolute atomic E-state index is 5.94. The van der Waals surface area contributed by atoms with Gasteiger partial charge in [-0.3, -0.25) is 0 Å². The first-order valence-corrected chi connectivity index (χ1v) is 5.63. The Bertz CT molecular complexity index is 386. The Hall–Kier alpha value is -0.540. The van der Waals surface area contributed by atoms with Crippen molar-refractivity contribution in [2.75, 3.05) is 0 Å². The summed E-state index contributed by atoms with van der Waals surface area (Å²) in [5, 5.41) is 0.662. The van der Waals surface area contributed by atoms with Crippen molar-refractivity contribution in [2.45, 2.75) is 12.8 Å². The van der Waals surface area contributed by atoms with Gasteiger partial charge in [0, 0.05) is 10.4 Å². The second-order valence-electron chi connectivity index (χ2n) is 3.41. The monoisotopic (exact) mass is 272 g/mol. The Morgan fingerprint density at radius 1 is 1.50 bits per heavy atom. The van der Waals surface area contributed by atoms with E-state index < -0.39 is 0 Å². The van der Waals surface area contributed by atoms with Gasteiger partial charge in [0.15, 0.2) is 0 Å². The molecule has 2 N–H and O–H groups in total. The zero-order valence-corrected chi connectivity index (χ0v) is 9.85. The topological polar surface area (TPSA) is 38.4 Å². The smallest absolute Gasteiger partial charge is 0.103 e. The summed E-state index contributed by atoms with van der Waals surface area (Å²) in [6.07, 6.45) is 2.33. The summed E-state index contributed by atoms with van der Waals surface area (Å²) < 4.78 is 0.878. The lowest BCUT2D eigenvalue weighted by molar-refractivity contribution is 1.15. The summed E-state index contributed by atoms with van der Waals surface area (Å²) in [6.45, 7) is 0.